The largest absolute Gasteiger partial charge is 0.481 e. The number of carbonyl (C=O) groups is 1. The lowest BCUT2D eigenvalue weighted by atomic mass is 9.67. The van der Waals surface area contributed by atoms with Crippen molar-refractivity contribution in [1.82, 2.24) is 0 Å². The van der Waals surface area contributed by atoms with E-state index in [0.717, 1.165) is 11.6 Å². The zero-order valence-electron chi connectivity index (χ0n) is 15.4. The van der Waals surface area contributed by atoms with E-state index in [0.29, 0.717) is 17.8 Å². The van der Waals surface area contributed by atoms with E-state index in [1.807, 2.05) is 6.92 Å². The van der Waals surface area contributed by atoms with Crippen molar-refractivity contribution in [3.05, 3.63) is 41.2 Å². The summed E-state index contributed by atoms with van der Waals surface area (Å²) in [4.78, 5) is 11.7. The summed E-state index contributed by atoms with van der Waals surface area (Å²) in [6, 6.07) is 7.31. The fourth-order valence-electron chi connectivity index (χ4n) is 2.82. The smallest absolute Gasteiger partial charge is 0.338 e. The summed E-state index contributed by atoms with van der Waals surface area (Å²) in [6.45, 7) is 10.1. The van der Waals surface area contributed by atoms with Crippen molar-refractivity contribution in [2.45, 2.75) is 57.3 Å². The molecule has 7 heteroatoms. The minimum Gasteiger partial charge on any atom is -0.481 e. The van der Waals surface area contributed by atoms with Crippen molar-refractivity contribution >= 4 is 24.2 Å². The average molecular weight is 383 g/mol. The van der Waals surface area contributed by atoms with Crippen LogP contribution in [0.1, 0.15) is 25.3 Å². The minimum absolute atomic E-state index is 0.0825. The zero-order valence-corrected chi connectivity index (χ0v) is 17.2. The van der Waals surface area contributed by atoms with Crippen LogP contribution in [0.15, 0.2) is 40.5 Å². The predicted octanol–water partition coefficient (Wildman–Crippen LogP) is 4.18. The molecule has 0 amide bonds. The number of rotatable bonds is 7. The van der Waals surface area contributed by atoms with Gasteiger partial charge < -0.3 is 9.29 Å². The van der Waals surface area contributed by atoms with Gasteiger partial charge in [-0.1, -0.05) is 43.4 Å². The maximum atomic E-state index is 12.5. The average Bonchev–Trinajstić information content (AvgIpc) is 2.45. The Hall–Kier alpha value is -1.60. The Kier molecular flexibility index (Phi) is 5.21. The monoisotopic (exact) mass is 382 g/mol. The summed E-state index contributed by atoms with van der Waals surface area (Å²) >= 11 is 0. The van der Waals surface area contributed by atoms with Crippen LogP contribution in [0.25, 0.3) is 0 Å². The molecule has 0 fully saturated rings. The van der Waals surface area contributed by atoms with E-state index in [1.165, 1.54) is 12.1 Å². The van der Waals surface area contributed by atoms with Crippen LogP contribution in [0.4, 0.5) is 0 Å². The van der Waals surface area contributed by atoms with E-state index in [4.69, 9.17) is 4.18 Å². The maximum absolute atomic E-state index is 12.5. The van der Waals surface area contributed by atoms with Crippen LogP contribution in [0.5, 0.6) is 0 Å². The number of hydrogen-bond acceptors (Lipinski definition) is 4. The number of allylic oxidation sites excluding steroid dienone is 1. The van der Waals surface area contributed by atoms with Gasteiger partial charge in [-0.2, -0.15) is 8.42 Å². The molecule has 0 spiro atoms. The van der Waals surface area contributed by atoms with Crippen molar-refractivity contribution in [1.29, 1.82) is 0 Å². The Morgan fingerprint density at radius 3 is 2.28 bits per heavy atom. The summed E-state index contributed by atoms with van der Waals surface area (Å²) in [5.74, 6) is -0.637. The summed E-state index contributed by atoms with van der Waals surface area (Å²) in [5, 5.41) is 9.53. The van der Waals surface area contributed by atoms with E-state index >= 15 is 0 Å². The fraction of sp³-hybridized carbons (Fsp3) is 0.500. The number of benzene rings is 1. The van der Waals surface area contributed by atoms with Crippen molar-refractivity contribution in [2.24, 2.45) is 5.41 Å². The van der Waals surface area contributed by atoms with Crippen LogP contribution < -0.4 is 0 Å². The summed E-state index contributed by atoms with van der Waals surface area (Å²) < 4.78 is 30.3. The van der Waals surface area contributed by atoms with Gasteiger partial charge in [-0.15, -0.1) is 0 Å². The van der Waals surface area contributed by atoms with Crippen LogP contribution in [0.2, 0.25) is 25.7 Å². The van der Waals surface area contributed by atoms with Crippen molar-refractivity contribution in [3.8, 4) is 0 Å². The first-order valence-electron chi connectivity index (χ1n) is 8.32. The second-order valence-corrected chi connectivity index (χ2v) is 15.3. The lowest BCUT2D eigenvalue weighted by Crippen LogP contribution is -2.40. The first-order chi connectivity index (χ1) is 11.3. The summed E-state index contributed by atoms with van der Waals surface area (Å²) in [5.41, 5.74) is 0.534. The quantitative estimate of drug-likeness (QED) is 0.565. The molecule has 138 valence electrons. The molecule has 1 N–H and O–H groups in total. The van der Waals surface area contributed by atoms with Gasteiger partial charge in [0.15, 0.2) is 0 Å². The van der Waals surface area contributed by atoms with Gasteiger partial charge in [-0.3, -0.25) is 4.79 Å². The Morgan fingerprint density at radius 2 is 1.80 bits per heavy atom. The third-order valence-electron chi connectivity index (χ3n) is 4.63. The number of carboxylic acid groups (broad SMARTS) is 1. The van der Waals surface area contributed by atoms with Crippen LogP contribution in [0, 0.1) is 12.3 Å². The Balaban J connectivity index is 2.30. The van der Waals surface area contributed by atoms with Gasteiger partial charge in [0.2, 0.25) is 0 Å². The number of carboxylic acids is 1. The highest BCUT2D eigenvalue weighted by Gasteiger charge is 2.49. The molecule has 1 atom stereocenters. The molecule has 0 heterocycles. The molecule has 0 aliphatic heterocycles. The highest BCUT2D eigenvalue weighted by atomic mass is 32.2. The van der Waals surface area contributed by atoms with Gasteiger partial charge in [-0.25, -0.2) is 0 Å². The van der Waals surface area contributed by atoms with E-state index in [1.54, 1.807) is 19.1 Å². The van der Waals surface area contributed by atoms with E-state index in [-0.39, 0.29) is 11.3 Å². The molecular formula is C18H26O5SSi. The van der Waals surface area contributed by atoms with E-state index in [2.05, 4.69) is 19.6 Å². The number of hydrogen-bond donors (Lipinski definition) is 1. The van der Waals surface area contributed by atoms with E-state index < -0.39 is 29.6 Å². The van der Waals surface area contributed by atoms with Crippen molar-refractivity contribution in [3.63, 3.8) is 0 Å². The van der Waals surface area contributed by atoms with Gasteiger partial charge in [0.05, 0.1) is 5.41 Å². The molecule has 0 saturated heterocycles. The molecule has 1 aliphatic rings. The number of aryl methyl sites for hydroxylation is 1. The van der Waals surface area contributed by atoms with Gasteiger partial charge in [-0.05, 0) is 38.0 Å². The van der Waals surface area contributed by atoms with Gasteiger partial charge in [0.1, 0.15) is 10.7 Å². The molecule has 0 radical (unpaired) electrons. The van der Waals surface area contributed by atoms with Crippen molar-refractivity contribution in [2.75, 3.05) is 0 Å². The van der Waals surface area contributed by atoms with Crippen LogP contribution >= 0.6 is 0 Å². The van der Waals surface area contributed by atoms with Gasteiger partial charge in [0, 0.05) is 14.5 Å². The second-order valence-electron chi connectivity index (χ2n) is 8.13. The second kappa shape index (κ2) is 6.61. The molecule has 0 aromatic heterocycles. The Morgan fingerprint density at radius 1 is 1.24 bits per heavy atom. The first-order valence-corrected chi connectivity index (χ1v) is 13.4. The molecule has 1 unspecified atom stereocenters. The van der Waals surface area contributed by atoms with Gasteiger partial charge >= 0.3 is 16.1 Å². The zero-order chi connectivity index (χ0) is 19.0. The third-order valence-corrected chi connectivity index (χ3v) is 7.65. The highest BCUT2D eigenvalue weighted by Crippen LogP contribution is 2.50. The molecule has 1 aromatic rings. The molecule has 0 saturated carbocycles. The first kappa shape index (κ1) is 19.7. The SMILES string of the molecule is Cc1ccc(S(=O)(=O)OC2=C(CC[Si](C)(C)C)C(C)(C(=O)O)C2)cc1. The molecule has 1 aliphatic carbocycles. The topological polar surface area (TPSA) is 80.7 Å². The van der Waals surface area contributed by atoms with Crippen LogP contribution in [-0.4, -0.2) is 27.6 Å². The highest BCUT2D eigenvalue weighted by molar-refractivity contribution is 7.86. The third kappa shape index (κ3) is 4.33. The maximum Gasteiger partial charge on any atom is 0.338 e. The fourth-order valence-corrected chi connectivity index (χ4v) is 4.81. The number of aliphatic carboxylic acids is 1. The molecular weight excluding hydrogens is 356 g/mol. The summed E-state index contributed by atoms with van der Waals surface area (Å²) in [7, 11) is -5.33. The van der Waals surface area contributed by atoms with E-state index in [9.17, 15) is 18.3 Å². The van der Waals surface area contributed by atoms with Crippen molar-refractivity contribution < 1.29 is 22.5 Å². The molecule has 25 heavy (non-hydrogen) atoms. The Bertz CT molecular complexity index is 803. The molecule has 1 aromatic carbocycles. The van der Waals surface area contributed by atoms with Crippen LogP contribution in [0.3, 0.4) is 0 Å². The van der Waals surface area contributed by atoms with Gasteiger partial charge in [0.25, 0.3) is 0 Å². The predicted molar refractivity (Wildman–Crippen MR) is 99.6 cm³/mol. The minimum atomic E-state index is -3.94. The molecule has 2 rings (SSSR count). The molecule has 0 bridgehead atoms. The standard InChI is InChI=1S/C18H26O5SSi/c1-13-6-8-14(9-7-13)24(21,22)23-16-12-18(2,17(19)20)15(16)10-11-25(3,4)5/h6-9H,10-12H2,1-5H3,(H,19,20). The Labute approximate surface area is 150 Å². The summed E-state index contributed by atoms with van der Waals surface area (Å²) in [6.07, 6.45) is 0.672. The van der Waals surface area contributed by atoms with Crippen LogP contribution in [-0.2, 0) is 19.1 Å². The molecule has 5 nitrogen and oxygen atoms in total. The normalized spacial score (nSPS) is 21.0. The lowest BCUT2D eigenvalue weighted by molar-refractivity contribution is -0.147. The lowest BCUT2D eigenvalue weighted by Gasteiger charge is -2.39.